The summed E-state index contributed by atoms with van der Waals surface area (Å²) in [6.07, 6.45) is 1.45. The number of nitrogens with zero attached hydrogens (tertiary/aromatic N) is 1. The van der Waals surface area contributed by atoms with E-state index in [-0.39, 0.29) is 11.3 Å². The third-order valence-electron chi connectivity index (χ3n) is 6.43. The highest BCUT2D eigenvalue weighted by atomic mass is 16.5. The monoisotopic (exact) mass is 506 g/mol. The maximum Gasteiger partial charge on any atom is 0.294 e. The van der Waals surface area contributed by atoms with Crippen molar-refractivity contribution in [1.29, 1.82) is 0 Å². The lowest BCUT2D eigenvalue weighted by atomic mass is 9.99. The first kappa shape index (κ1) is 23.2. The fourth-order valence-corrected chi connectivity index (χ4v) is 4.65. The van der Waals surface area contributed by atoms with E-state index >= 15 is 0 Å². The molecule has 1 unspecified atom stereocenters. The van der Waals surface area contributed by atoms with Gasteiger partial charge in [0.15, 0.2) is 22.9 Å². The van der Waals surface area contributed by atoms with Gasteiger partial charge < -0.3 is 24.0 Å². The lowest BCUT2D eigenvalue weighted by Crippen LogP contribution is -2.30. The van der Waals surface area contributed by atoms with Crippen LogP contribution in [0.1, 0.15) is 22.4 Å². The highest BCUT2D eigenvalue weighted by Crippen LogP contribution is 2.43. The summed E-state index contributed by atoms with van der Waals surface area (Å²) in [6.45, 7) is 0. The summed E-state index contributed by atoms with van der Waals surface area (Å²) in [6, 6.07) is 26.0. The van der Waals surface area contributed by atoms with Gasteiger partial charge in [-0.15, -0.1) is 0 Å². The summed E-state index contributed by atoms with van der Waals surface area (Å²) >= 11 is 0. The number of aliphatic hydroxyl groups is 1. The molecule has 0 spiro atoms. The average molecular weight is 507 g/mol. The molecular weight excluding hydrogens is 484 g/mol. The van der Waals surface area contributed by atoms with E-state index in [2.05, 4.69) is 5.32 Å². The fourth-order valence-electron chi connectivity index (χ4n) is 4.65. The number of nitrogens with one attached hydrogen (secondary N) is 1. The molecule has 1 aliphatic heterocycles. The summed E-state index contributed by atoms with van der Waals surface area (Å²) in [5.41, 5.74) is 2.48. The molecule has 5 aromatic rings. The highest BCUT2D eigenvalue weighted by Gasteiger charge is 2.46. The van der Waals surface area contributed by atoms with Crippen LogP contribution in [0.25, 0.3) is 11.0 Å². The van der Waals surface area contributed by atoms with Crippen LogP contribution in [0, 0.1) is 0 Å². The Morgan fingerprint density at radius 1 is 0.947 bits per heavy atom. The van der Waals surface area contributed by atoms with E-state index in [4.69, 9.17) is 13.6 Å². The number of ether oxygens (including phenoxy) is 1. The second-order valence-electron chi connectivity index (χ2n) is 8.71. The number of anilines is 3. The van der Waals surface area contributed by atoms with Gasteiger partial charge >= 0.3 is 0 Å². The zero-order valence-corrected chi connectivity index (χ0v) is 20.3. The fraction of sp³-hybridized carbons (Fsp3) is 0.0667. The van der Waals surface area contributed by atoms with Crippen molar-refractivity contribution in [2.45, 2.75) is 6.04 Å². The second kappa shape index (κ2) is 9.33. The summed E-state index contributed by atoms with van der Waals surface area (Å²) in [4.78, 5) is 28.4. The molecule has 0 radical (unpaired) electrons. The minimum Gasteiger partial charge on any atom is -0.503 e. The Kier molecular flexibility index (Phi) is 5.69. The van der Waals surface area contributed by atoms with E-state index in [1.807, 2.05) is 42.5 Å². The van der Waals surface area contributed by atoms with Crippen molar-refractivity contribution in [2.75, 3.05) is 17.3 Å². The summed E-state index contributed by atoms with van der Waals surface area (Å²) in [5, 5.41) is 14.9. The van der Waals surface area contributed by atoms with Gasteiger partial charge in [0, 0.05) is 22.4 Å². The Morgan fingerprint density at radius 3 is 2.42 bits per heavy atom. The first-order valence-electron chi connectivity index (χ1n) is 11.9. The van der Waals surface area contributed by atoms with Crippen LogP contribution in [-0.4, -0.2) is 23.9 Å². The Morgan fingerprint density at radius 2 is 1.71 bits per heavy atom. The van der Waals surface area contributed by atoms with E-state index < -0.39 is 23.5 Å². The van der Waals surface area contributed by atoms with E-state index in [1.54, 1.807) is 48.5 Å². The molecule has 1 amide bonds. The van der Waals surface area contributed by atoms with E-state index in [0.29, 0.717) is 28.2 Å². The Bertz CT molecular complexity index is 1670. The van der Waals surface area contributed by atoms with Crippen molar-refractivity contribution in [3.05, 3.63) is 120 Å². The molecule has 0 saturated carbocycles. The summed E-state index contributed by atoms with van der Waals surface area (Å²) < 4.78 is 16.8. The quantitative estimate of drug-likeness (QED) is 0.241. The highest BCUT2D eigenvalue weighted by molar-refractivity contribution is 6.20. The lowest BCUT2D eigenvalue weighted by molar-refractivity contribution is -0.117. The summed E-state index contributed by atoms with van der Waals surface area (Å²) in [5.74, 6) is -1.23. The predicted octanol–water partition coefficient (Wildman–Crippen LogP) is 6.56. The maximum absolute atomic E-state index is 13.7. The number of carbonyl (C=O) groups excluding carboxylic acids is 2. The van der Waals surface area contributed by atoms with E-state index in [1.165, 1.54) is 18.3 Å². The number of hydrogen-bond acceptors (Lipinski definition) is 7. The van der Waals surface area contributed by atoms with Crippen LogP contribution in [-0.2, 0) is 4.79 Å². The van der Waals surface area contributed by atoms with Gasteiger partial charge in [-0.25, -0.2) is 0 Å². The molecule has 2 N–H and O–H groups in total. The molecule has 0 fully saturated rings. The van der Waals surface area contributed by atoms with Crippen LogP contribution >= 0.6 is 0 Å². The van der Waals surface area contributed by atoms with Crippen molar-refractivity contribution >= 4 is 39.7 Å². The van der Waals surface area contributed by atoms with E-state index in [9.17, 15) is 14.7 Å². The van der Waals surface area contributed by atoms with Gasteiger partial charge in [-0.3, -0.25) is 14.5 Å². The van der Waals surface area contributed by atoms with Crippen LogP contribution in [0.5, 0.6) is 5.75 Å². The zero-order chi connectivity index (χ0) is 26.2. The number of Topliss-reactive ketones (excluding diaryl/α,β-unsaturated/α-hetero) is 1. The molecule has 8 nitrogen and oxygen atoms in total. The van der Waals surface area contributed by atoms with Crippen LogP contribution in [0.4, 0.5) is 17.1 Å². The molecule has 0 saturated heterocycles. The number of fused-ring (bicyclic) bond motifs is 1. The molecule has 0 aliphatic carbocycles. The Labute approximate surface area is 217 Å². The molecule has 0 bridgehead atoms. The number of para-hydroxylation sites is 2. The average Bonchev–Trinajstić information content (AvgIpc) is 3.68. The van der Waals surface area contributed by atoms with Gasteiger partial charge in [0.05, 0.1) is 18.9 Å². The number of rotatable bonds is 7. The molecule has 1 atom stereocenters. The minimum atomic E-state index is -0.993. The van der Waals surface area contributed by atoms with Gasteiger partial charge in [-0.2, -0.15) is 0 Å². The van der Waals surface area contributed by atoms with Gasteiger partial charge in [0.25, 0.3) is 5.91 Å². The van der Waals surface area contributed by atoms with Crippen molar-refractivity contribution in [3.8, 4) is 5.75 Å². The van der Waals surface area contributed by atoms with Crippen molar-refractivity contribution in [2.24, 2.45) is 0 Å². The van der Waals surface area contributed by atoms with Gasteiger partial charge in [-0.05, 0) is 60.7 Å². The SMILES string of the molecule is COc1cccc2cc(C(=O)C3=C(O)C(=O)N(c4ccc(Nc5ccccc5)cc4)C3c3ccco3)oc12. The van der Waals surface area contributed by atoms with Crippen LogP contribution in [0.2, 0.25) is 0 Å². The second-order valence-corrected chi connectivity index (χ2v) is 8.71. The number of furan rings is 2. The number of carbonyl (C=O) groups is 2. The maximum atomic E-state index is 13.7. The molecule has 8 heteroatoms. The number of aliphatic hydroxyl groups excluding tert-OH is 1. The number of ketones is 1. The molecule has 2 aromatic heterocycles. The minimum absolute atomic E-state index is 0.0281. The third kappa shape index (κ3) is 3.88. The first-order chi connectivity index (χ1) is 18.5. The van der Waals surface area contributed by atoms with Crippen LogP contribution in [0.3, 0.4) is 0 Å². The number of benzene rings is 3. The van der Waals surface area contributed by atoms with Gasteiger partial charge in [0.2, 0.25) is 5.78 Å². The van der Waals surface area contributed by atoms with Crippen LogP contribution in [0.15, 0.2) is 117 Å². The molecular formula is C30H22N2O6. The smallest absolute Gasteiger partial charge is 0.294 e. The molecule has 1 aliphatic rings. The normalized spacial score (nSPS) is 15.3. The van der Waals surface area contributed by atoms with Crippen molar-refractivity contribution in [1.82, 2.24) is 0 Å². The molecule has 6 rings (SSSR count). The topological polar surface area (TPSA) is 105 Å². The van der Waals surface area contributed by atoms with Crippen molar-refractivity contribution in [3.63, 3.8) is 0 Å². The van der Waals surface area contributed by atoms with Crippen molar-refractivity contribution < 1.29 is 28.3 Å². The Balaban J connectivity index is 1.37. The van der Waals surface area contributed by atoms with Gasteiger partial charge in [-0.1, -0.05) is 30.3 Å². The largest absolute Gasteiger partial charge is 0.503 e. The first-order valence-corrected chi connectivity index (χ1v) is 11.9. The number of amides is 1. The van der Waals surface area contributed by atoms with Crippen LogP contribution < -0.4 is 15.0 Å². The molecule has 38 heavy (non-hydrogen) atoms. The predicted molar refractivity (Wildman–Crippen MR) is 142 cm³/mol. The standard InChI is InChI=1S/C30H22N2O6/c1-36-23-10-5-7-18-17-24(38-29(18)23)27(33)25-26(22-11-6-16-37-22)32(30(35)28(25)34)21-14-12-20(13-15-21)31-19-8-3-2-4-9-19/h2-17,26,31,34H,1H3. The molecule has 3 heterocycles. The van der Waals surface area contributed by atoms with E-state index in [0.717, 1.165) is 11.4 Å². The molecule has 3 aromatic carbocycles. The Hall–Kier alpha value is -5.24. The zero-order valence-electron chi connectivity index (χ0n) is 20.3. The van der Waals surface area contributed by atoms with Gasteiger partial charge in [0.1, 0.15) is 11.8 Å². The number of methoxy groups -OCH3 is 1. The number of hydrogen-bond donors (Lipinski definition) is 2. The third-order valence-corrected chi connectivity index (χ3v) is 6.43. The summed E-state index contributed by atoms with van der Waals surface area (Å²) in [7, 11) is 1.51. The molecule has 188 valence electrons. The lowest BCUT2D eigenvalue weighted by Gasteiger charge is -2.25.